The van der Waals surface area contributed by atoms with E-state index in [1.165, 1.54) is 207 Å². The van der Waals surface area contributed by atoms with Crippen LogP contribution in [-0.4, -0.2) is 46.7 Å². The zero-order chi connectivity index (χ0) is 36.5. The van der Waals surface area contributed by atoms with Crippen LogP contribution in [0, 0.1) is 0 Å². The summed E-state index contributed by atoms with van der Waals surface area (Å²) < 4.78 is 3.04. The van der Waals surface area contributed by atoms with Crippen LogP contribution in [0.2, 0.25) is 29.6 Å². The normalized spacial score (nSPS) is 12.4. The molecular weight excluding hydrogens is 858 g/mol. The Morgan fingerprint density at radius 1 is 0.340 bits per heavy atom. The van der Waals surface area contributed by atoms with Crippen molar-refractivity contribution in [2.75, 3.05) is 0 Å². The number of unbranched alkanes of at least 4 members (excludes halogenated alkanes) is 26. The van der Waals surface area contributed by atoms with Gasteiger partial charge in [-0.15, -0.1) is 0 Å². The van der Waals surface area contributed by atoms with Crippen LogP contribution in [0.15, 0.2) is 0 Å². The van der Waals surface area contributed by atoms with Crippen LogP contribution in [0.4, 0.5) is 0 Å². The summed E-state index contributed by atoms with van der Waals surface area (Å²) in [6.45, 7) is 4.62. The Kier molecular flexibility index (Phi) is 26.6. The Hall–Kier alpha value is 0.857. The third kappa shape index (κ3) is 21.1. The van der Waals surface area contributed by atoms with Gasteiger partial charge >= 0.3 is 242 Å². The van der Waals surface area contributed by atoms with E-state index in [2.05, 4.69) is 66.2 Å². The first-order chi connectivity index (χ1) is 24.1. The molecule has 0 spiro atoms. The van der Waals surface area contributed by atoms with Crippen molar-refractivity contribution in [3.8, 4) is 9.75 Å². The SMILES string of the molecule is CCCCCCCCCCCCCCCCc1n[c]([Sn]([CH3])([CH3])[CH3])sc1-c1s[c]([Sn]([CH3])([CH3])[CH3])nc1CCCCCCCCCCCCCCCC. The number of hydrogen-bond acceptors (Lipinski definition) is 4. The van der Waals surface area contributed by atoms with Gasteiger partial charge in [-0.05, 0) is 0 Å². The second-order valence-corrected chi connectivity index (χ2v) is 50.2. The summed E-state index contributed by atoms with van der Waals surface area (Å²) in [7, 11) is 0. The molecule has 0 N–H and O–H groups in total. The number of aromatic nitrogens is 2. The Bertz CT molecular complexity index is 1010. The standard InChI is InChI=1S/C38H66N2S2.6CH3.2Sn/c1-3-5-7-9-11-13-15-17-19-21-23-25-27-29-31-35-37(41-33-39-35)38-36(40-34-42-38)32-30-28-26-24-22-20-18-16-14-12-10-8-6-4-2;;;;;;;;/h3-32H2,1-2H3;6*1H3;;. The summed E-state index contributed by atoms with van der Waals surface area (Å²) in [4.78, 5) is 29.2. The molecular formula is C44H84N2S2Sn2. The first-order valence-electron chi connectivity index (χ1n) is 22.1. The molecule has 2 heterocycles. The molecule has 50 heavy (non-hydrogen) atoms. The number of rotatable bonds is 33. The van der Waals surface area contributed by atoms with Gasteiger partial charge in [0.2, 0.25) is 0 Å². The summed E-state index contributed by atoms with van der Waals surface area (Å²) in [6, 6.07) is 0. The van der Waals surface area contributed by atoms with E-state index in [0.29, 0.717) is 0 Å². The average Bonchev–Trinajstić information content (AvgIpc) is 3.70. The minimum Gasteiger partial charge on any atom is -0.0654 e. The maximum absolute atomic E-state index is 5.45. The second-order valence-electron chi connectivity index (χ2n) is 17.8. The van der Waals surface area contributed by atoms with E-state index in [4.69, 9.17) is 9.97 Å². The molecule has 0 aromatic carbocycles. The van der Waals surface area contributed by atoms with Gasteiger partial charge in [0, 0.05) is 0 Å². The van der Waals surface area contributed by atoms with E-state index in [-0.39, 0.29) is 0 Å². The molecule has 6 heteroatoms. The fourth-order valence-corrected chi connectivity index (χ4v) is 19.2. The van der Waals surface area contributed by atoms with Gasteiger partial charge in [0.15, 0.2) is 0 Å². The van der Waals surface area contributed by atoms with Gasteiger partial charge in [0.05, 0.1) is 0 Å². The predicted octanol–water partition coefficient (Wildman–Crippen LogP) is 15.4. The average molecular weight is 943 g/mol. The Morgan fingerprint density at radius 2 is 0.560 bits per heavy atom. The van der Waals surface area contributed by atoms with Crippen molar-refractivity contribution in [2.24, 2.45) is 0 Å². The minimum atomic E-state index is -2.27. The molecule has 2 rings (SSSR count). The smallest absolute Gasteiger partial charge is 0.0654 e. The summed E-state index contributed by atoms with van der Waals surface area (Å²) >= 11 is -0.376. The Labute approximate surface area is 329 Å². The van der Waals surface area contributed by atoms with E-state index >= 15 is 0 Å². The van der Waals surface area contributed by atoms with Crippen LogP contribution >= 0.6 is 22.7 Å². The second kappa shape index (κ2) is 28.3. The summed E-state index contributed by atoms with van der Waals surface area (Å²) in [5, 5.41) is 0. The molecule has 2 aromatic rings. The molecule has 0 fully saturated rings. The predicted molar refractivity (Wildman–Crippen MR) is 237 cm³/mol. The minimum absolute atomic E-state index is 1.16. The monoisotopic (exact) mass is 944 g/mol. The number of aryl methyl sites for hydroxylation is 2. The fraction of sp³-hybridized carbons (Fsp3) is 0.864. The maximum atomic E-state index is 5.45. The van der Waals surface area contributed by atoms with Crippen LogP contribution in [-0.2, 0) is 12.8 Å². The Morgan fingerprint density at radius 3 is 0.780 bits per heavy atom. The molecule has 0 radical (unpaired) electrons. The van der Waals surface area contributed by atoms with Crippen molar-refractivity contribution in [3.63, 3.8) is 0 Å². The van der Waals surface area contributed by atoms with Gasteiger partial charge in [0.1, 0.15) is 0 Å². The molecule has 2 aromatic heterocycles. The van der Waals surface area contributed by atoms with E-state index in [1.54, 1.807) is 0 Å². The molecule has 0 bridgehead atoms. The van der Waals surface area contributed by atoms with Gasteiger partial charge in [-0.25, -0.2) is 0 Å². The topological polar surface area (TPSA) is 25.8 Å². The zero-order valence-corrected chi connectivity index (χ0v) is 42.3. The molecule has 290 valence electrons. The summed E-state index contributed by atoms with van der Waals surface area (Å²) in [6.07, 6.45) is 42.1. The van der Waals surface area contributed by atoms with E-state index in [1.807, 2.05) is 0 Å². The molecule has 0 aliphatic carbocycles. The molecule has 0 amide bonds. The Balaban J connectivity index is 1.82. The molecule has 0 atom stereocenters. The van der Waals surface area contributed by atoms with Gasteiger partial charge < -0.3 is 0 Å². The van der Waals surface area contributed by atoms with E-state index in [9.17, 15) is 0 Å². The molecule has 0 saturated carbocycles. The van der Waals surface area contributed by atoms with Gasteiger partial charge in [-0.2, -0.15) is 0 Å². The molecule has 0 aliphatic heterocycles. The summed E-state index contributed by atoms with van der Waals surface area (Å²) in [5.74, 6) is 0. The third-order valence-corrected chi connectivity index (χ3v) is 30.3. The van der Waals surface area contributed by atoms with Gasteiger partial charge in [-0.3, -0.25) is 0 Å². The van der Waals surface area contributed by atoms with Crippen LogP contribution in [0.5, 0.6) is 0 Å². The van der Waals surface area contributed by atoms with Crippen LogP contribution in [0.25, 0.3) is 9.75 Å². The van der Waals surface area contributed by atoms with E-state index < -0.39 is 36.8 Å². The van der Waals surface area contributed by atoms with Crippen LogP contribution in [0.1, 0.15) is 205 Å². The zero-order valence-electron chi connectivity index (χ0n) is 34.9. The molecule has 2 nitrogen and oxygen atoms in total. The van der Waals surface area contributed by atoms with Crippen LogP contribution < -0.4 is 6.05 Å². The molecule has 0 saturated heterocycles. The number of nitrogens with zero attached hydrogens (tertiary/aromatic N) is 2. The van der Waals surface area contributed by atoms with Crippen molar-refractivity contribution < 1.29 is 0 Å². The quantitative estimate of drug-likeness (QED) is 0.0526. The number of thiazole rings is 2. The fourth-order valence-electron chi connectivity index (χ4n) is 7.01. The van der Waals surface area contributed by atoms with Crippen molar-refractivity contribution in [3.05, 3.63) is 11.4 Å². The van der Waals surface area contributed by atoms with Crippen molar-refractivity contribution in [1.82, 2.24) is 9.97 Å². The number of hydrogen-bond donors (Lipinski definition) is 0. The molecule has 0 aliphatic rings. The summed E-state index contributed by atoms with van der Waals surface area (Å²) in [5.41, 5.74) is 2.86. The van der Waals surface area contributed by atoms with Gasteiger partial charge in [-0.1, -0.05) is 90.9 Å². The van der Waals surface area contributed by atoms with E-state index in [0.717, 1.165) is 12.8 Å². The van der Waals surface area contributed by atoms with Crippen LogP contribution in [0.3, 0.4) is 0 Å². The first-order valence-corrected chi connectivity index (χ1v) is 43.7. The molecule has 0 unspecified atom stereocenters. The van der Waals surface area contributed by atoms with Crippen molar-refractivity contribution in [2.45, 2.75) is 236 Å². The first kappa shape index (κ1) is 47.0. The van der Waals surface area contributed by atoms with Crippen molar-refractivity contribution in [1.29, 1.82) is 0 Å². The third-order valence-electron chi connectivity index (χ3n) is 10.4. The van der Waals surface area contributed by atoms with Gasteiger partial charge in [0.25, 0.3) is 0 Å². The van der Waals surface area contributed by atoms with Crippen molar-refractivity contribution >= 4 is 65.5 Å².